The number of nitrogens with zero attached hydrogens (tertiary/aromatic N) is 5. The molecule has 196 valence electrons. The molecule has 2 unspecified atom stereocenters. The van der Waals surface area contributed by atoms with Crippen molar-refractivity contribution >= 4 is 33.5 Å². The van der Waals surface area contributed by atoms with Crippen molar-refractivity contribution in [3.8, 4) is 11.3 Å². The van der Waals surface area contributed by atoms with Gasteiger partial charge in [0.25, 0.3) is 0 Å². The second-order valence-corrected chi connectivity index (χ2v) is 10.8. The van der Waals surface area contributed by atoms with Gasteiger partial charge in [-0.1, -0.05) is 59.3 Å². The standard InChI is InChI=1S/C30H32ClN5O2/c1-18(37)15-20-9-10-23-25(16-20)36(29(21-7-5-4-6-8-21)22-11-13-38-14-12-22)26-17-24(30(31)32-27(23)26)28-19(2)33-34-35(28)3/h4-10,16-18,22,29,37H,11-15H2,1-3H3. The van der Waals surface area contributed by atoms with Gasteiger partial charge in [-0.2, -0.15) is 0 Å². The van der Waals surface area contributed by atoms with Crippen molar-refractivity contribution in [1.29, 1.82) is 0 Å². The van der Waals surface area contributed by atoms with Crippen LogP contribution >= 0.6 is 11.6 Å². The van der Waals surface area contributed by atoms with Gasteiger partial charge in [0.05, 0.1) is 40.1 Å². The average Bonchev–Trinajstić information content (AvgIpc) is 3.40. The van der Waals surface area contributed by atoms with E-state index in [1.807, 2.05) is 20.9 Å². The highest BCUT2D eigenvalue weighted by molar-refractivity contribution is 6.33. The van der Waals surface area contributed by atoms with Crippen molar-refractivity contribution in [2.24, 2.45) is 13.0 Å². The molecule has 38 heavy (non-hydrogen) atoms. The summed E-state index contributed by atoms with van der Waals surface area (Å²) in [5.74, 6) is 0.393. The molecule has 0 spiro atoms. The van der Waals surface area contributed by atoms with Crippen LogP contribution in [0, 0.1) is 12.8 Å². The predicted molar refractivity (Wildman–Crippen MR) is 150 cm³/mol. The summed E-state index contributed by atoms with van der Waals surface area (Å²) in [4.78, 5) is 4.98. The van der Waals surface area contributed by atoms with E-state index in [0.717, 1.165) is 70.5 Å². The van der Waals surface area contributed by atoms with Crippen LogP contribution in [0.25, 0.3) is 33.2 Å². The molecule has 2 aromatic carbocycles. The summed E-state index contributed by atoms with van der Waals surface area (Å²) in [5, 5.41) is 20.1. The molecule has 0 saturated carbocycles. The van der Waals surface area contributed by atoms with Crippen molar-refractivity contribution in [1.82, 2.24) is 24.5 Å². The van der Waals surface area contributed by atoms with Crippen molar-refractivity contribution in [3.05, 3.63) is 76.6 Å². The lowest BCUT2D eigenvalue weighted by Gasteiger charge is -2.33. The van der Waals surface area contributed by atoms with Gasteiger partial charge in [0.1, 0.15) is 5.15 Å². The molecule has 0 bridgehead atoms. The number of hydrogen-bond donors (Lipinski definition) is 1. The smallest absolute Gasteiger partial charge is 0.139 e. The largest absolute Gasteiger partial charge is 0.393 e. The number of benzene rings is 2. The molecule has 7 nitrogen and oxygen atoms in total. The number of aliphatic hydroxyl groups is 1. The van der Waals surface area contributed by atoms with E-state index in [1.165, 1.54) is 5.56 Å². The second-order valence-electron chi connectivity index (χ2n) is 10.4. The van der Waals surface area contributed by atoms with Crippen LogP contribution < -0.4 is 0 Å². The predicted octanol–water partition coefficient (Wildman–Crippen LogP) is 5.89. The minimum atomic E-state index is -0.426. The molecule has 2 atom stereocenters. The monoisotopic (exact) mass is 529 g/mol. The lowest BCUT2D eigenvalue weighted by molar-refractivity contribution is 0.0553. The number of hydrogen-bond acceptors (Lipinski definition) is 5. The SMILES string of the molecule is Cc1nnn(C)c1-c1cc2c(nc1Cl)c1ccc(CC(C)O)cc1n2C(c1ccccc1)C1CCOCC1. The highest BCUT2D eigenvalue weighted by atomic mass is 35.5. The van der Waals surface area contributed by atoms with Crippen LogP contribution in [0.4, 0.5) is 0 Å². The van der Waals surface area contributed by atoms with Crippen LogP contribution in [0.3, 0.4) is 0 Å². The highest BCUT2D eigenvalue weighted by Gasteiger charge is 2.31. The Morgan fingerprint density at radius 2 is 1.84 bits per heavy atom. The van der Waals surface area contributed by atoms with E-state index in [-0.39, 0.29) is 6.04 Å². The van der Waals surface area contributed by atoms with Crippen LogP contribution in [-0.2, 0) is 18.2 Å². The van der Waals surface area contributed by atoms with Gasteiger partial charge in [-0.25, -0.2) is 9.67 Å². The third kappa shape index (κ3) is 4.38. The fourth-order valence-corrected chi connectivity index (χ4v) is 6.27. The van der Waals surface area contributed by atoms with Crippen LogP contribution in [0.5, 0.6) is 0 Å². The van der Waals surface area contributed by atoms with Crippen LogP contribution in [0.15, 0.2) is 54.6 Å². The summed E-state index contributed by atoms with van der Waals surface area (Å²) in [6.07, 6.45) is 2.12. The third-order valence-electron chi connectivity index (χ3n) is 7.71. The fraction of sp³-hybridized carbons (Fsp3) is 0.367. The van der Waals surface area contributed by atoms with Crippen molar-refractivity contribution < 1.29 is 9.84 Å². The van der Waals surface area contributed by atoms with E-state index in [2.05, 4.69) is 69.5 Å². The molecule has 1 N–H and O–H groups in total. The lowest BCUT2D eigenvalue weighted by atomic mass is 9.86. The minimum Gasteiger partial charge on any atom is -0.393 e. The first-order valence-electron chi connectivity index (χ1n) is 13.2. The highest BCUT2D eigenvalue weighted by Crippen LogP contribution is 2.42. The number of aliphatic hydroxyl groups excluding tert-OH is 1. The number of pyridine rings is 1. The molecule has 1 fully saturated rings. The summed E-state index contributed by atoms with van der Waals surface area (Å²) in [5.41, 5.74) is 7.82. The van der Waals surface area contributed by atoms with Gasteiger partial charge < -0.3 is 14.4 Å². The summed E-state index contributed by atoms with van der Waals surface area (Å²) in [7, 11) is 1.88. The number of fused-ring (bicyclic) bond motifs is 3. The first-order valence-corrected chi connectivity index (χ1v) is 13.6. The number of aromatic nitrogens is 5. The van der Waals surface area contributed by atoms with Crippen molar-refractivity contribution in [3.63, 3.8) is 0 Å². The molecule has 4 heterocycles. The molecular formula is C30H32ClN5O2. The Morgan fingerprint density at radius 3 is 2.53 bits per heavy atom. The maximum Gasteiger partial charge on any atom is 0.139 e. The number of rotatable bonds is 6. The van der Waals surface area contributed by atoms with E-state index in [4.69, 9.17) is 21.3 Å². The summed E-state index contributed by atoms with van der Waals surface area (Å²) in [6, 6.07) is 19.4. The maximum absolute atomic E-state index is 10.1. The van der Waals surface area contributed by atoms with Crippen LogP contribution in [-0.4, -0.2) is 49.0 Å². The van der Waals surface area contributed by atoms with E-state index in [0.29, 0.717) is 17.5 Å². The second kappa shape index (κ2) is 10.1. The first-order chi connectivity index (χ1) is 18.4. The third-order valence-corrected chi connectivity index (χ3v) is 7.99. The summed E-state index contributed by atoms with van der Waals surface area (Å²) < 4.78 is 9.97. The summed E-state index contributed by atoms with van der Waals surface area (Å²) >= 11 is 6.85. The Labute approximate surface area is 227 Å². The van der Waals surface area contributed by atoms with Crippen molar-refractivity contribution in [2.75, 3.05) is 13.2 Å². The van der Waals surface area contributed by atoms with Crippen LogP contribution in [0.2, 0.25) is 5.15 Å². The molecule has 1 aliphatic heterocycles. The molecule has 1 aliphatic rings. The average molecular weight is 530 g/mol. The molecule has 0 aliphatic carbocycles. The Morgan fingerprint density at radius 1 is 1.08 bits per heavy atom. The number of halogens is 1. The molecule has 0 radical (unpaired) electrons. The zero-order valence-electron chi connectivity index (χ0n) is 21.9. The topological polar surface area (TPSA) is 78.0 Å². The summed E-state index contributed by atoms with van der Waals surface area (Å²) in [6.45, 7) is 5.28. The van der Waals surface area contributed by atoms with E-state index < -0.39 is 6.10 Å². The quantitative estimate of drug-likeness (QED) is 0.278. The Kier molecular flexibility index (Phi) is 6.68. The van der Waals surface area contributed by atoms with E-state index in [1.54, 1.807) is 4.68 Å². The zero-order valence-corrected chi connectivity index (χ0v) is 22.7. The molecule has 6 rings (SSSR count). The Balaban J connectivity index is 1.69. The Hall–Kier alpha value is -3.26. The molecule has 3 aromatic heterocycles. The van der Waals surface area contributed by atoms with Gasteiger partial charge in [-0.3, -0.25) is 0 Å². The Bertz CT molecular complexity index is 1580. The molecule has 8 heteroatoms. The molecule has 5 aromatic rings. The van der Waals surface area contributed by atoms with E-state index >= 15 is 0 Å². The lowest BCUT2D eigenvalue weighted by Crippen LogP contribution is -2.27. The normalized spacial score (nSPS) is 16.3. The van der Waals surface area contributed by atoms with Gasteiger partial charge in [-0.15, -0.1) is 5.10 Å². The van der Waals surface area contributed by atoms with Gasteiger partial charge in [0, 0.05) is 31.2 Å². The molecular weight excluding hydrogens is 498 g/mol. The van der Waals surface area contributed by atoms with Gasteiger partial charge in [-0.05, 0) is 62.3 Å². The molecule has 1 saturated heterocycles. The minimum absolute atomic E-state index is 0.0866. The van der Waals surface area contributed by atoms with Crippen molar-refractivity contribution in [2.45, 2.75) is 45.3 Å². The van der Waals surface area contributed by atoms with Gasteiger partial charge in [0.2, 0.25) is 0 Å². The maximum atomic E-state index is 10.1. The molecule has 0 amide bonds. The van der Waals surface area contributed by atoms with Gasteiger partial charge in [0.15, 0.2) is 0 Å². The van der Waals surface area contributed by atoms with Gasteiger partial charge >= 0.3 is 0 Å². The fourth-order valence-electron chi connectivity index (χ4n) is 6.05. The number of aryl methyl sites for hydroxylation is 2. The zero-order chi connectivity index (χ0) is 26.4. The van der Waals surface area contributed by atoms with Crippen LogP contribution in [0.1, 0.15) is 42.6 Å². The van der Waals surface area contributed by atoms with E-state index in [9.17, 15) is 5.11 Å². The first kappa shape index (κ1) is 25.0. The number of ether oxygens (including phenoxy) is 1.